The Hall–Kier alpha value is -2.00. The summed E-state index contributed by atoms with van der Waals surface area (Å²) in [5.74, 6) is 1.02. The average molecular weight is 381 g/mol. The highest BCUT2D eigenvalue weighted by atomic mass is 35.5. The van der Waals surface area contributed by atoms with E-state index in [0.29, 0.717) is 28.7 Å². The number of rotatable bonds is 2. The molecule has 3 aliphatic rings. The number of halogens is 1. The first kappa shape index (κ1) is 17.1. The fourth-order valence-electron chi connectivity index (χ4n) is 6.12. The Morgan fingerprint density at radius 3 is 2.67 bits per heavy atom. The molecule has 2 saturated carbocycles. The van der Waals surface area contributed by atoms with Crippen LogP contribution in [0, 0.1) is 31.6 Å². The number of aromatic carboxylic acids is 1. The lowest BCUT2D eigenvalue weighted by atomic mass is 9.67. The van der Waals surface area contributed by atoms with E-state index in [0.717, 1.165) is 11.3 Å². The predicted octanol–water partition coefficient (Wildman–Crippen LogP) is 4.62. The number of hydrogen-bond donors (Lipinski definition) is 1. The minimum atomic E-state index is -1.16. The van der Waals surface area contributed by atoms with Gasteiger partial charge < -0.3 is 15.2 Å². The molecule has 2 aliphatic carbocycles. The number of carbonyl (C=O) groups is 1. The standard InChI is InChI=1S/C23H24ClNO2/c1-11-3-4-12(2)16(7-11)22-20-14-6-5-13(8-14)19(20)17-9-15(24)10-18(23(26)27)21(17)25-22/h3-4,7,9-10,13-14,19-20,22,25H,5-6,8H2,1-2H3,(H,26,27)/p-1/t13-,14+,19+,20+,22-/m0/s1. The first-order valence-electron chi connectivity index (χ1n) is 9.82. The van der Waals surface area contributed by atoms with Gasteiger partial charge in [-0.2, -0.15) is 0 Å². The topological polar surface area (TPSA) is 52.2 Å². The number of anilines is 1. The summed E-state index contributed by atoms with van der Waals surface area (Å²) in [6, 6.07) is 10.2. The van der Waals surface area contributed by atoms with Crippen LogP contribution < -0.4 is 10.4 Å². The van der Waals surface area contributed by atoms with E-state index in [-0.39, 0.29) is 11.6 Å². The Bertz CT molecular complexity index is 954. The maximum Gasteiger partial charge on any atom is 0.0736 e. The SMILES string of the molecule is Cc1ccc(C)c([C@@H]2Nc3c(C(=O)[O-])cc(Cl)cc3[C@H]3[C@H]4CC[C@H](C4)[C@H]32)c1. The van der Waals surface area contributed by atoms with Crippen molar-refractivity contribution in [1.29, 1.82) is 0 Å². The molecule has 2 bridgehead atoms. The summed E-state index contributed by atoms with van der Waals surface area (Å²) in [4.78, 5) is 11.8. The maximum absolute atomic E-state index is 11.8. The third-order valence-electron chi connectivity index (χ3n) is 7.15. The summed E-state index contributed by atoms with van der Waals surface area (Å²) in [6.45, 7) is 4.26. The average Bonchev–Trinajstić information content (AvgIpc) is 3.25. The molecule has 2 fully saturated rings. The molecule has 1 heterocycles. The van der Waals surface area contributed by atoms with Gasteiger partial charge in [-0.25, -0.2) is 0 Å². The Labute approximate surface area is 164 Å². The Morgan fingerprint density at radius 2 is 1.89 bits per heavy atom. The number of carbonyl (C=O) groups excluding carboxylic acids is 1. The van der Waals surface area contributed by atoms with Crippen molar-refractivity contribution in [3.8, 4) is 0 Å². The van der Waals surface area contributed by atoms with Gasteiger partial charge in [-0.1, -0.05) is 35.4 Å². The lowest BCUT2D eigenvalue weighted by Gasteiger charge is -2.44. The molecule has 3 nitrogen and oxygen atoms in total. The fraction of sp³-hybridized carbons (Fsp3) is 0.435. The normalized spacial score (nSPS) is 30.6. The minimum Gasteiger partial charge on any atom is -0.545 e. The molecule has 5 rings (SSSR count). The number of carboxylic acid groups (broad SMARTS) is 1. The van der Waals surface area contributed by atoms with E-state index in [9.17, 15) is 9.90 Å². The van der Waals surface area contributed by atoms with Gasteiger partial charge in [0.2, 0.25) is 0 Å². The van der Waals surface area contributed by atoms with Gasteiger partial charge in [0.25, 0.3) is 0 Å². The van der Waals surface area contributed by atoms with Crippen LogP contribution in [0.3, 0.4) is 0 Å². The first-order valence-corrected chi connectivity index (χ1v) is 10.2. The number of hydrogen-bond acceptors (Lipinski definition) is 3. The van der Waals surface area contributed by atoms with Crippen LogP contribution in [-0.2, 0) is 0 Å². The predicted molar refractivity (Wildman–Crippen MR) is 105 cm³/mol. The van der Waals surface area contributed by atoms with Crippen LogP contribution in [0.25, 0.3) is 0 Å². The molecule has 140 valence electrons. The van der Waals surface area contributed by atoms with Crippen molar-refractivity contribution in [2.45, 2.75) is 45.1 Å². The third kappa shape index (κ3) is 2.51. The molecule has 0 aromatic heterocycles. The molecule has 0 amide bonds. The van der Waals surface area contributed by atoms with Gasteiger partial charge in [0.05, 0.1) is 12.0 Å². The van der Waals surface area contributed by atoms with Crippen molar-refractivity contribution >= 4 is 23.3 Å². The summed E-state index contributed by atoms with van der Waals surface area (Å²) >= 11 is 6.30. The van der Waals surface area contributed by atoms with Crippen molar-refractivity contribution in [2.24, 2.45) is 17.8 Å². The van der Waals surface area contributed by atoms with Gasteiger partial charge in [-0.15, -0.1) is 0 Å². The minimum absolute atomic E-state index is 0.136. The zero-order valence-corrected chi connectivity index (χ0v) is 16.3. The van der Waals surface area contributed by atoms with Gasteiger partial charge in [0.15, 0.2) is 0 Å². The Morgan fingerprint density at radius 1 is 1.11 bits per heavy atom. The number of nitrogens with one attached hydrogen (secondary N) is 1. The highest BCUT2D eigenvalue weighted by Crippen LogP contribution is 2.64. The Balaban J connectivity index is 1.72. The van der Waals surface area contributed by atoms with Crippen molar-refractivity contribution < 1.29 is 9.90 Å². The Kier molecular flexibility index (Phi) is 3.80. The molecule has 2 aromatic carbocycles. The summed E-state index contributed by atoms with van der Waals surface area (Å²) in [7, 11) is 0. The van der Waals surface area contributed by atoms with Crippen LogP contribution in [0.4, 0.5) is 5.69 Å². The summed E-state index contributed by atoms with van der Waals surface area (Å²) in [6.07, 6.45) is 3.75. The van der Waals surface area contributed by atoms with Crippen LogP contribution in [-0.4, -0.2) is 5.97 Å². The third-order valence-corrected chi connectivity index (χ3v) is 7.37. The number of benzene rings is 2. The van der Waals surface area contributed by atoms with Crippen LogP contribution in [0.1, 0.15) is 63.8 Å². The quantitative estimate of drug-likeness (QED) is 0.827. The highest BCUT2D eigenvalue weighted by molar-refractivity contribution is 6.31. The lowest BCUT2D eigenvalue weighted by Crippen LogP contribution is -2.37. The fourth-order valence-corrected chi connectivity index (χ4v) is 6.35. The summed E-state index contributed by atoms with van der Waals surface area (Å²) in [5, 5.41) is 16.0. The molecule has 2 aromatic rings. The second-order valence-corrected chi connectivity index (χ2v) is 9.06. The summed E-state index contributed by atoms with van der Waals surface area (Å²) < 4.78 is 0. The molecule has 1 N–H and O–H groups in total. The van der Waals surface area contributed by atoms with Crippen molar-refractivity contribution in [1.82, 2.24) is 0 Å². The van der Waals surface area contributed by atoms with Gasteiger partial charge in [-0.3, -0.25) is 0 Å². The second-order valence-electron chi connectivity index (χ2n) is 8.62. The molecule has 27 heavy (non-hydrogen) atoms. The molecule has 5 atom stereocenters. The maximum atomic E-state index is 11.8. The first-order chi connectivity index (χ1) is 12.9. The number of fused-ring (bicyclic) bond motifs is 7. The van der Waals surface area contributed by atoms with Crippen LogP contribution in [0.5, 0.6) is 0 Å². The molecule has 1 aliphatic heterocycles. The van der Waals surface area contributed by atoms with Crippen LogP contribution in [0.2, 0.25) is 5.02 Å². The second kappa shape index (κ2) is 6.00. The van der Waals surface area contributed by atoms with E-state index in [4.69, 9.17) is 11.6 Å². The van der Waals surface area contributed by atoms with Crippen LogP contribution >= 0.6 is 11.6 Å². The molecule has 4 heteroatoms. The summed E-state index contributed by atoms with van der Waals surface area (Å²) in [5.41, 5.74) is 5.78. The molecular weight excluding hydrogens is 358 g/mol. The van der Waals surface area contributed by atoms with E-state index >= 15 is 0 Å². The van der Waals surface area contributed by atoms with Crippen LogP contribution in [0.15, 0.2) is 30.3 Å². The van der Waals surface area contributed by atoms with Crippen molar-refractivity contribution in [2.75, 3.05) is 5.32 Å². The molecular formula is C23H23ClNO2-. The van der Waals surface area contributed by atoms with Crippen molar-refractivity contribution in [3.63, 3.8) is 0 Å². The smallest absolute Gasteiger partial charge is 0.0736 e. The van der Waals surface area contributed by atoms with Gasteiger partial charge in [0.1, 0.15) is 0 Å². The molecule has 0 spiro atoms. The van der Waals surface area contributed by atoms with E-state index in [2.05, 4.69) is 37.4 Å². The largest absolute Gasteiger partial charge is 0.545 e. The zero-order valence-electron chi connectivity index (χ0n) is 15.6. The van der Waals surface area contributed by atoms with Gasteiger partial charge >= 0.3 is 0 Å². The molecule has 0 radical (unpaired) electrons. The van der Waals surface area contributed by atoms with E-state index in [1.165, 1.54) is 42.0 Å². The monoisotopic (exact) mass is 380 g/mol. The number of aryl methyl sites for hydroxylation is 2. The number of carboxylic acids is 1. The zero-order chi connectivity index (χ0) is 18.9. The lowest BCUT2D eigenvalue weighted by molar-refractivity contribution is -0.254. The van der Waals surface area contributed by atoms with E-state index < -0.39 is 5.97 Å². The molecule has 0 unspecified atom stereocenters. The van der Waals surface area contributed by atoms with Crippen molar-refractivity contribution in [3.05, 3.63) is 63.2 Å². The van der Waals surface area contributed by atoms with E-state index in [1.807, 2.05) is 6.07 Å². The van der Waals surface area contributed by atoms with Gasteiger partial charge in [-0.05, 0) is 85.6 Å². The van der Waals surface area contributed by atoms with E-state index in [1.54, 1.807) is 0 Å². The van der Waals surface area contributed by atoms with Gasteiger partial charge in [0, 0.05) is 16.3 Å². The highest BCUT2D eigenvalue weighted by Gasteiger charge is 2.54. The molecule has 0 saturated heterocycles.